The molecule has 0 spiro atoms. The van der Waals surface area contributed by atoms with E-state index in [9.17, 15) is 4.79 Å². The molecule has 0 atom stereocenters. The molecule has 0 saturated heterocycles. The number of hydrogen-bond donors (Lipinski definition) is 1. The number of rotatable bonds is 3. The molecule has 0 saturated carbocycles. The smallest absolute Gasteiger partial charge is 0.255 e. The van der Waals surface area contributed by atoms with Crippen molar-refractivity contribution in [3.05, 3.63) is 46.9 Å². The maximum Gasteiger partial charge on any atom is 0.255 e. The molecule has 1 N–H and O–H groups in total. The number of nitrogens with one attached hydrogen (secondary N) is 1. The van der Waals surface area contributed by atoms with E-state index >= 15 is 0 Å². The van der Waals surface area contributed by atoms with E-state index in [2.05, 4.69) is 15.3 Å². The van der Waals surface area contributed by atoms with Crippen LogP contribution >= 0.6 is 0 Å². The molecule has 5 nitrogen and oxygen atoms in total. The van der Waals surface area contributed by atoms with Gasteiger partial charge in [0.2, 0.25) is 0 Å². The Hall–Kier alpha value is -2.17. The van der Waals surface area contributed by atoms with E-state index in [0.717, 1.165) is 0 Å². The third kappa shape index (κ3) is 2.56. The summed E-state index contributed by atoms with van der Waals surface area (Å²) < 4.78 is 5.15. The van der Waals surface area contributed by atoms with Crippen LogP contribution in [0.4, 0.5) is 0 Å². The fourth-order valence-electron chi connectivity index (χ4n) is 1.88. The molecule has 0 aromatic carbocycles. The molecule has 2 aromatic heterocycles. The van der Waals surface area contributed by atoms with E-state index in [4.69, 9.17) is 4.42 Å². The predicted molar refractivity (Wildman–Crippen MR) is 66.1 cm³/mol. The maximum absolute atomic E-state index is 12.1. The van der Waals surface area contributed by atoms with Gasteiger partial charge < -0.3 is 9.73 Å². The lowest BCUT2D eigenvalue weighted by atomic mass is 10.1. The number of hydrogen-bond acceptors (Lipinski definition) is 4. The van der Waals surface area contributed by atoms with Crippen molar-refractivity contribution in [3.8, 4) is 0 Å². The van der Waals surface area contributed by atoms with Gasteiger partial charge in [-0.15, -0.1) is 0 Å². The van der Waals surface area contributed by atoms with Crippen LogP contribution in [0.2, 0.25) is 0 Å². The highest BCUT2D eigenvalue weighted by Gasteiger charge is 2.15. The summed E-state index contributed by atoms with van der Waals surface area (Å²) >= 11 is 0. The first kappa shape index (κ1) is 12.3. The number of carbonyl (C=O) groups is 1. The minimum absolute atomic E-state index is 0.179. The van der Waals surface area contributed by atoms with Crippen molar-refractivity contribution < 1.29 is 9.21 Å². The monoisotopic (exact) mass is 245 g/mol. The Kier molecular flexibility index (Phi) is 3.41. The second-order valence-corrected chi connectivity index (χ2v) is 4.08. The van der Waals surface area contributed by atoms with Crippen LogP contribution < -0.4 is 5.32 Å². The number of nitrogens with zero attached hydrogens (tertiary/aromatic N) is 2. The van der Waals surface area contributed by atoms with Crippen LogP contribution in [-0.4, -0.2) is 15.9 Å². The van der Waals surface area contributed by atoms with Gasteiger partial charge in [0.1, 0.15) is 11.6 Å². The fourth-order valence-corrected chi connectivity index (χ4v) is 1.88. The van der Waals surface area contributed by atoms with Gasteiger partial charge in [-0.3, -0.25) is 4.79 Å². The standard InChI is InChI=1S/C13H15N3O2/c1-8-12(9(2)16-10(3)15-8)13(17)14-7-11-5-4-6-18-11/h4-6H,7H2,1-3H3,(H,14,17). The molecular weight excluding hydrogens is 230 g/mol. The highest BCUT2D eigenvalue weighted by atomic mass is 16.3. The van der Waals surface area contributed by atoms with Crippen molar-refractivity contribution in [2.24, 2.45) is 0 Å². The quantitative estimate of drug-likeness (QED) is 0.897. The Morgan fingerprint density at radius 2 is 1.94 bits per heavy atom. The van der Waals surface area contributed by atoms with Gasteiger partial charge >= 0.3 is 0 Å². The van der Waals surface area contributed by atoms with E-state index in [1.165, 1.54) is 0 Å². The highest BCUT2D eigenvalue weighted by Crippen LogP contribution is 2.10. The number of aryl methyl sites for hydroxylation is 3. The van der Waals surface area contributed by atoms with E-state index in [-0.39, 0.29) is 5.91 Å². The Balaban J connectivity index is 2.14. The van der Waals surface area contributed by atoms with Crippen LogP contribution in [0, 0.1) is 20.8 Å². The van der Waals surface area contributed by atoms with Gasteiger partial charge in [-0.2, -0.15) is 0 Å². The Morgan fingerprint density at radius 3 is 2.50 bits per heavy atom. The van der Waals surface area contributed by atoms with E-state index in [1.54, 1.807) is 12.3 Å². The molecule has 1 amide bonds. The van der Waals surface area contributed by atoms with Gasteiger partial charge in [-0.05, 0) is 32.9 Å². The minimum Gasteiger partial charge on any atom is -0.467 e. The van der Waals surface area contributed by atoms with Gasteiger partial charge in [0.15, 0.2) is 0 Å². The van der Waals surface area contributed by atoms with Crippen LogP contribution in [0.15, 0.2) is 22.8 Å². The molecule has 2 heterocycles. The molecule has 2 rings (SSSR count). The Morgan fingerprint density at radius 1 is 1.28 bits per heavy atom. The van der Waals surface area contributed by atoms with Crippen molar-refractivity contribution in [1.29, 1.82) is 0 Å². The summed E-state index contributed by atoms with van der Waals surface area (Å²) in [4.78, 5) is 20.5. The maximum atomic E-state index is 12.1. The van der Waals surface area contributed by atoms with E-state index in [0.29, 0.717) is 35.1 Å². The third-order valence-corrected chi connectivity index (χ3v) is 2.61. The second-order valence-electron chi connectivity index (χ2n) is 4.08. The zero-order valence-electron chi connectivity index (χ0n) is 10.7. The molecule has 18 heavy (non-hydrogen) atoms. The van der Waals surface area contributed by atoms with Gasteiger partial charge in [0.05, 0.1) is 29.8 Å². The number of amides is 1. The summed E-state index contributed by atoms with van der Waals surface area (Å²) in [6.07, 6.45) is 1.58. The highest BCUT2D eigenvalue weighted by molar-refractivity contribution is 5.96. The molecule has 0 aliphatic rings. The van der Waals surface area contributed by atoms with Gasteiger partial charge in [0.25, 0.3) is 5.91 Å². The van der Waals surface area contributed by atoms with Crippen LogP contribution in [-0.2, 0) is 6.54 Å². The lowest BCUT2D eigenvalue weighted by molar-refractivity contribution is 0.0946. The van der Waals surface area contributed by atoms with Gasteiger partial charge in [-0.1, -0.05) is 0 Å². The molecule has 2 aromatic rings. The van der Waals surface area contributed by atoms with Gasteiger partial charge in [0, 0.05) is 0 Å². The molecule has 0 unspecified atom stereocenters. The van der Waals surface area contributed by atoms with Gasteiger partial charge in [-0.25, -0.2) is 9.97 Å². The summed E-state index contributed by atoms with van der Waals surface area (Å²) in [6, 6.07) is 3.60. The topological polar surface area (TPSA) is 68.0 Å². The van der Waals surface area contributed by atoms with Crippen LogP contribution in [0.3, 0.4) is 0 Å². The lowest BCUT2D eigenvalue weighted by Crippen LogP contribution is -2.25. The van der Waals surface area contributed by atoms with Crippen molar-refractivity contribution in [2.45, 2.75) is 27.3 Å². The van der Waals surface area contributed by atoms with Crippen molar-refractivity contribution in [2.75, 3.05) is 0 Å². The Labute approximate surface area is 105 Å². The molecule has 0 aliphatic heterocycles. The van der Waals surface area contributed by atoms with Crippen LogP contribution in [0.5, 0.6) is 0 Å². The zero-order chi connectivity index (χ0) is 13.1. The average Bonchev–Trinajstić information content (AvgIpc) is 2.77. The summed E-state index contributed by atoms with van der Waals surface area (Å²) in [6.45, 7) is 5.79. The molecule has 5 heteroatoms. The van der Waals surface area contributed by atoms with Crippen LogP contribution in [0.25, 0.3) is 0 Å². The first-order valence-electron chi connectivity index (χ1n) is 5.70. The summed E-state index contributed by atoms with van der Waals surface area (Å²) in [7, 11) is 0. The third-order valence-electron chi connectivity index (χ3n) is 2.61. The van der Waals surface area contributed by atoms with Crippen LogP contribution in [0.1, 0.15) is 33.3 Å². The fraction of sp³-hybridized carbons (Fsp3) is 0.308. The van der Waals surface area contributed by atoms with Crippen molar-refractivity contribution in [3.63, 3.8) is 0 Å². The molecule has 0 bridgehead atoms. The molecule has 0 aliphatic carbocycles. The predicted octanol–water partition coefficient (Wildman–Crippen LogP) is 1.92. The van der Waals surface area contributed by atoms with E-state index in [1.807, 2.05) is 26.8 Å². The zero-order valence-corrected chi connectivity index (χ0v) is 10.7. The van der Waals surface area contributed by atoms with Crippen molar-refractivity contribution in [1.82, 2.24) is 15.3 Å². The Bertz CT molecular complexity index is 539. The number of aromatic nitrogens is 2. The second kappa shape index (κ2) is 5.00. The first-order valence-corrected chi connectivity index (χ1v) is 5.70. The number of carbonyl (C=O) groups excluding carboxylic acids is 1. The molecule has 0 fully saturated rings. The summed E-state index contributed by atoms with van der Waals surface area (Å²) in [5, 5.41) is 2.79. The molecule has 94 valence electrons. The SMILES string of the molecule is Cc1nc(C)c(C(=O)NCc2ccco2)c(C)n1. The normalized spacial score (nSPS) is 10.4. The average molecular weight is 245 g/mol. The molecule has 0 radical (unpaired) electrons. The lowest BCUT2D eigenvalue weighted by Gasteiger charge is -2.09. The molecular formula is C13H15N3O2. The van der Waals surface area contributed by atoms with Crippen molar-refractivity contribution >= 4 is 5.91 Å². The summed E-state index contributed by atoms with van der Waals surface area (Å²) in [5.41, 5.74) is 1.92. The first-order chi connectivity index (χ1) is 8.58. The largest absolute Gasteiger partial charge is 0.467 e. The van der Waals surface area contributed by atoms with E-state index < -0.39 is 0 Å². The summed E-state index contributed by atoms with van der Waals surface area (Å²) in [5.74, 6) is 1.21. The number of furan rings is 1. The minimum atomic E-state index is -0.179.